The van der Waals surface area contributed by atoms with Crippen LogP contribution >= 0.6 is 0 Å². The first-order valence-corrected chi connectivity index (χ1v) is 7.71. The molecule has 0 bridgehead atoms. The second-order valence-corrected chi connectivity index (χ2v) is 4.98. The molecular weight excluding hydrogens is 290 g/mol. The summed E-state index contributed by atoms with van der Waals surface area (Å²) in [6.07, 6.45) is 1.03. The van der Waals surface area contributed by atoms with Crippen LogP contribution in [-0.2, 0) is 17.9 Å². The lowest BCUT2D eigenvalue weighted by Crippen LogP contribution is -1.85. The monoisotopic (exact) mass is 307 g/mol. The zero-order chi connectivity index (χ0) is 15.5. The molecule has 3 aromatic rings. The van der Waals surface area contributed by atoms with Crippen LogP contribution < -0.4 is 0 Å². The minimum Gasteiger partial charge on any atom is -0.191 e. The Bertz CT molecular complexity index is 671. The Balaban J connectivity index is 0.000000172. The number of benzene rings is 3. The van der Waals surface area contributed by atoms with Crippen molar-refractivity contribution in [1.82, 2.24) is 0 Å². The van der Waals surface area contributed by atoms with E-state index in [0.717, 1.165) is 12.1 Å². The lowest BCUT2D eigenvalue weighted by atomic mass is 10.1. The van der Waals surface area contributed by atoms with Crippen LogP contribution in [0, 0.1) is 0 Å². The molecule has 3 rings (SSSR count). The van der Waals surface area contributed by atoms with E-state index in [2.05, 4.69) is 65.0 Å². The molecule has 0 amide bonds. The number of nitrogens with zero attached hydrogens (tertiary/aromatic N) is 1. The van der Waals surface area contributed by atoms with Gasteiger partial charge in [-0.3, -0.25) is 0 Å². The number of hydrogen-bond donors (Lipinski definition) is 0. The lowest BCUT2D eigenvalue weighted by molar-refractivity contribution is 0.698. The molecule has 0 unspecified atom stereocenters. The van der Waals surface area contributed by atoms with Crippen molar-refractivity contribution >= 4 is 17.2 Å². The highest BCUT2D eigenvalue weighted by molar-refractivity contribution is 7.54. The molecular formula is C19H17NOS. The van der Waals surface area contributed by atoms with E-state index >= 15 is 0 Å². The molecule has 0 saturated heterocycles. The van der Waals surface area contributed by atoms with E-state index < -0.39 is 0 Å². The highest BCUT2D eigenvalue weighted by atomic mass is 32.1. The molecule has 0 N–H and O–H groups in total. The zero-order valence-corrected chi connectivity index (χ0v) is 12.9. The summed E-state index contributed by atoms with van der Waals surface area (Å²) in [6.45, 7) is 0. The molecule has 0 aliphatic rings. The summed E-state index contributed by atoms with van der Waals surface area (Å²) < 4.78 is 13.4. The first kappa shape index (κ1) is 15.9. The number of hydrogen-bond acceptors (Lipinski definition) is 2. The van der Waals surface area contributed by atoms with E-state index in [4.69, 9.17) is 0 Å². The molecule has 0 radical (unpaired) electrons. The summed E-state index contributed by atoms with van der Waals surface area (Å²) in [4.78, 5) is 0. The smallest absolute Gasteiger partial charge is 0.191 e. The van der Waals surface area contributed by atoms with Crippen LogP contribution in [0.4, 0.5) is 5.69 Å². The van der Waals surface area contributed by atoms with Gasteiger partial charge in [-0.2, -0.15) is 8.57 Å². The average Bonchev–Trinajstić information content (AvgIpc) is 2.59. The third-order valence-electron chi connectivity index (χ3n) is 2.99. The van der Waals surface area contributed by atoms with Crippen LogP contribution in [0.1, 0.15) is 11.1 Å². The topological polar surface area (TPSA) is 29.4 Å². The molecule has 3 aromatic carbocycles. The van der Waals surface area contributed by atoms with Crippen molar-refractivity contribution in [3.8, 4) is 0 Å². The van der Waals surface area contributed by atoms with Crippen LogP contribution in [0.3, 0.4) is 0 Å². The van der Waals surface area contributed by atoms with Gasteiger partial charge in [-0.1, -0.05) is 78.9 Å². The maximum atomic E-state index is 9.85. The molecule has 0 aromatic heterocycles. The highest BCUT2D eigenvalue weighted by Crippen LogP contribution is 2.08. The van der Waals surface area contributed by atoms with Crippen molar-refractivity contribution in [3.05, 3.63) is 102 Å². The van der Waals surface area contributed by atoms with E-state index in [1.807, 2.05) is 18.2 Å². The van der Waals surface area contributed by atoms with E-state index in [9.17, 15) is 4.21 Å². The van der Waals surface area contributed by atoms with Crippen LogP contribution in [0.2, 0.25) is 0 Å². The first-order valence-electron chi connectivity index (χ1n) is 7.01. The van der Waals surface area contributed by atoms with Gasteiger partial charge in [0.15, 0.2) is 0 Å². The summed E-state index contributed by atoms with van der Waals surface area (Å²) >= 11 is 0.230. The summed E-state index contributed by atoms with van der Waals surface area (Å²) in [5, 5.41) is 0. The van der Waals surface area contributed by atoms with Gasteiger partial charge in [0.1, 0.15) is 0 Å². The molecule has 0 aliphatic carbocycles. The van der Waals surface area contributed by atoms with Gasteiger partial charge >= 0.3 is 0 Å². The average molecular weight is 307 g/mol. The molecule has 0 fully saturated rings. The Morgan fingerprint density at radius 3 is 1.45 bits per heavy atom. The van der Waals surface area contributed by atoms with Crippen molar-refractivity contribution in [1.29, 1.82) is 0 Å². The standard InChI is InChI=1S/C13H12.C6H5NOS/c1-3-7-12(8-4-1)11-13-9-5-2-6-10-13;8-9-7-6-4-2-1-3-5-6/h1-10H,11H2;1-5H. The summed E-state index contributed by atoms with van der Waals surface area (Å²) in [7, 11) is 0. The maximum Gasteiger partial charge on any atom is 0.205 e. The molecule has 0 saturated carbocycles. The minimum atomic E-state index is 0.230. The second kappa shape index (κ2) is 9.42. The SMILES string of the molecule is O=S=Nc1ccccc1.c1ccc(Cc2ccccc2)cc1. The second-order valence-electron chi connectivity index (χ2n) is 4.65. The first-order chi connectivity index (χ1) is 10.9. The number of rotatable bonds is 3. The van der Waals surface area contributed by atoms with Gasteiger partial charge in [0, 0.05) is 0 Å². The third-order valence-corrected chi connectivity index (χ3v) is 3.28. The Morgan fingerprint density at radius 2 is 1.05 bits per heavy atom. The van der Waals surface area contributed by atoms with Gasteiger partial charge in [0.2, 0.25) is 11.5 Å². The van der Waals surface area contributed by atoms with E-state index in [1.165, 1.54) is 11.1 Å². The van der Waals surface area contributed by atoms with Gasteiger partial charge in [-0.15, -0.1) is 0 Å². The Hall–Kier alpha value is -2.52. The fourth-order valence-corrected chi connectivity index (χ4v) is 2.17. The molecule has 2 nitrogen and oxygen atoms in total. The molecule has 22 heavy (non-hydrogen) atoms. The van der Waals surface area contributed by atoms with Gasteiger partial charge < -0.3 is 0 Å². The molecule has 3 heteroatoms. The summed E-state index contributed by atoms with van der Waals surface area (Å²) in [5.41, 5.74) is 3.46. The molecule has 0 atom stereocenters. The van der Waals surface area contributed by atoms with Crippen molar-refractivity contribution in [2.45, 2.75) is 6.42 Å². The Morgan fingerprint density at radius 1 is 0.636 bits per heavy atom. The third kappa shape index (κ3) is 5.85. The van der Waals surface area contributed by atoms with Gasteiger partial charge in [-0.05, 0) is 29.7 Å². The molecule has 110 valence electrons. The summed E-state index contributed by atoms with van der Waals surface area (Å²) in [5.74, 6) is 0. The molecule has 0 heterocycles. The van der Waals surface area contributed by atoms with Crippen molar-refractivity contribution in [2.75, 3.05) is 0 Å². The fourth-order valence-electron chi connectivity index (χ4n) is 1.96. The molecule has 0 aliphatic heterocycles. The van der Waals surface area contributed by atoms with Crippen molar-refractivity contribution in [3.63, 3.8) is 0 Å². The molecule has 0 spiro atoms. The maximum absolute atomic E-state index is 9.85. The zero-order valence-electron chi connectivity index (χ0n) is 12.1. The van der Waals surface area contributed by atoms with Crippen molar-refractivity contribution in [2.24, 2.45) is 4.36 Å². The highest BCUT2D eigenvalue weighted by Gasteiger charge is 1.92. The van der Waals surface area contributed by atoms with Crippen LogP contribution in [0.5, 0.6) is 0 Å². The lowest BCUT2D eigenvalue weighted by Gasteiger charge is -2.00. The van der Waals surface area contributed by atoms with Gasteiger partial charge in [0.05, 0.1) is 5.69 Å². The van der Waals surface area contributed by atoms with E-state index in [1.54, 1.807) is 12.1 Å². The Kier molecular flexibility index (Phi) is 6.79. The van der Waals surface area contributed by atoms with Crippen LogP contribution in [0.25, 0.3) is 0 Å². The minimum absolute atomic E-state index is 0.230. The largest absolute Gasteiger partial charge is 0.205 e. The van der Waals surface area contributed by atoms with Crippen molar-refractivity contribution < 1.29 is 4.21 Å². The van der Waals surface area contributed by atoms with Crippen LogP contribution in [0.15, 0.2) is 95.4 Å². The quantitative estimate of drug-likeness (QED) is 0.670. The predicted molar refractivity (Wildman–Crippen MR) is 92.4 cm³/mol. The van der Waals surface area contributed by atoms with Crippen LogP contribution in [-0.4, -0.2) is 4.21 Å². The Labute approximate surface area is 134 Å². The van der Waals surface area contributed by atoms with Gasteiger partial charge in [0.25, 0.3) is 0 Å². The van der Waals surface area contributed by atoms with E-state index in [0.29, 0.717) is 0 Å². The summed E-state index contributed by atoms with van der Waals surface area (Å²) in [6, 6.07) is 30.2. The predicted octanol–water partition coefficient (Wildman–Crippen LogP) is 4.99. The normalized spacial score (nSPS) is 9.27. The van der Waals surface area contributed by atoms with E-state index in [-0.39, 0.29) is 11.5 Å². The van der Waals surface area contributed by atoms with Gasteiger partial charge in [-0.25, -0.2) is 0 Å². The fraction of sp³-hybridized carbons (Fsp3) is 0.0526.